The number of hydrogen-bond donors (Lipinski definition) is 2. The summed E-state index contributed by atoms with van der Waals surface area (Å²) in [5.41, 5.74) is 0. The Balaban J connectivity index is 2.63. The predicted octanol–water partition coefficient (Wildman–Crippen LogP) is 0.923. The van der Waals surface area contributed by atoms with Crippen LogP contribution in [0.1, 0.15) is 6.92 Å². The lowest BCUT2D eigenvalue weighted by atomic mass is 10.3. The molecule has 1 aromatic heterocycles. The van der Waals surface area contributed by atoms with E-state index < -0.39 is 0 Å². The molecule has 0 aromatic carbocycles. The highest BCUT2D eigenvalue weighted by Gasteiger charge is 2.00. The third-order valence-electron chi connectivity index (χ3n) is 1.29. The largest absolute Gasteiger partial charge is 0.394 e. The molecule has 5 heteroatoms. The maximum Gasteiger partial charge on any atom is 0.224 e. The molecule has 0 aliphatic carbocycles. The minimum absolute atomic E-state index is 0.0315. The van der Waals surface area contributed by atoms with E-state index in [0.717, 1.165) is 0 Å². The van der Waals surface area contributed by atoms with Gasteiger partial charge in [0.2, 0.25) is 5.28 Å². The molecular weight excluding hydrogens is 178 g/mol. The smallest absolute Gasteiger partial charge is 0.224 e. The van der Waals surface area contributed by atoms with Crippen molar-refractivity contribution in [1.29, 1.82) is 0 Å². The van der Waals surface area contributed by atoms with E-state index in [4.69, 9.17) is 16.7 Å². The van der Waals surface area contributed by atoms with E-state index in [9.17, 15) is 0 Å². The van der Waals surface area contributed by atoms with Crippen molar-refractivity contribution in [3.63, 3.8) is 0 Å². The first-order valence-corrected chi connectivity index (χ1v) is 3.96. The lowest BCUT2D eigenvalue weighted by molar-refractivity contribution is 0.281. The fourth-order valence-electron chi connectivity index (χ4n) is 0.713. The predicted molar refractivity (Wildman–Crippen MR) is 47.2 cm³/mol. The SMILES string of the molecule is C[C@@H](CO)Nc1ccnc(Cl)n1. The zero-order chi connectivity index (χ0) is 8.97. The Morgan fingerprint density at radius 3 is 3.08 bits per heavy atom. The van der Waals surface area contributed by atoms with Crippen LogP contribution >= 0.6 is 11.6 Å². The van der Waals surface area contributed by atoms with Gasteiger partial charge in [0, 0.05) is 12.2 Å². The van der Waals surface area contributed by atoms with Crippen LogP contribution in [-0.2, 0) is 0 Å². The fraction of sp³-hybridized carbons (Fsp3) is 0.429. The molecule has 4 nitrogen and oxygen atoms in total. The highest BCUT2D eigenvalue weighted by Crippen LogP contribution is 2.06. The van der Waals surface area contributed by atoms with Crippen molar-refractivity contribution in [2.75, 3.05) is 11.9 Å². The van der Waals surface area contributed by atoms with Crippen molar-refractivity contribution < 1.29 is 5.11 Å². The Morgan fingerprint density at radius 1 is 1.75 bits per heavy atom. The van der Waals surface area contributed by atoms with Crippen LogP contribution in [0.4, 0.5) is 5.82 Å². The molecule has 0 spiro atoms. The Labute approximate surface area is 75.6 Å². The maximum atomic E-state index is 8.73. The minimum Gasteiger partial charge on any atom is -0.394 e. The monoisotopic (exact) mass is 187 g/mol. The van der Waals surface area contributed by atoms with Crippen molar-refractivity contribution in [2.45, 2.75) is 13.0 Å². The molecule has 1 heterocycles. The molecule has 2 N–H and O–H groups in total. The first-order valence-electron chi connectivity index (χ1n) is 3.58. The van der Waals surface area contributed by atoms with Gasteiger partial charge in [-0.25, -0.2) is 9.97 Å². The second kappa shape index (κ2) is 4.23. The Morgan fingerprint density at radius 2 is 2.50 bits per heavy atom. The summed E-state index contributed by atoms with van der Waals surface area (Å²) in [4.78, 5) is 7.62. The van der Waals surface area contributed by atoms with Gasteiger partial charge >= 0.3 is 0 Å². The van der Waals surface area contributed by atoms with E-state index in [-0.39, 0.29) is 17.9 Å². The minimum atomic E-state index is -0.0315. The first-order chi connectivity index (χ1) is 5.72. The average molecular weight is 188 g/mol. The van der Waals surface area contributed by atoms with Gasteiger partial charge in [0.25, 0.3) is 0 Å². The lowest BCUT2D eigenvalue weighted by Crippen LogP contribution is -2.19. The molecule has 0 saturated carbocycles. The number of nitrogens with zero attached hydrogens (tertiary/aromatic N) is 2. The Hall–Kier alpha value is -0.870. The molecule has 66 valence electrons. The summed E-state index contributed by atoms with van der Waals surface area (Å²) in [7, 11) is 0. The van der Waals surface area contributed by atoms with Crippen LogP contribution in [0.2, 0.25) is 5.28 Å². The van der Waals surface area contributed by atoms with E-state index in [2.05, 4.69) is 15.3 Å². The van der Waals surface area contributed by atoms with Gasteiger partial charge in [0.1, 0.15) is 5.82 Å². The van der Waals surface area contributed by atoms with Crippen molar-refractivity contribution in [3.8, 4) is 0 Å². The molecule has 0 fully saturated rings. The van der Waals surface area contributed by atoms with Crippen molar-refractivity contribution in [3.05, 3.63) is 17.5 Å². The van der Waals surface area contributed by atoms with Crippen molar-refractivity contribution in [1.82, 2.24) is 9.97 Å². The number of halogens is 1. The van der Waals surface area contributed by atoms with Gasteiger partial charge < -0.3 is 10.4 Å². The van der Waals surface area contributed by atoms with Gasteiger partial charge in [-0.3, -0.25) is 0 Å². The first kappa shape index (κ1) is 9.22. The standard InChI is InChI=1S/C7H10ClN3O/c1-5(4-12)10-6-2-3-9-7(8)11-6/h2-3,5,12H,4H2,1H3,(H,9,10,11)/t5-/m0/s1. The topological polar surface area (TPSA) is 58.0 Å². The second-order valence-corrected chi connectivity index (χ2v) is 2.78. The highest BCUT2D eigenvalue weighted by molar-refractivity contribution is 6.28. The number of anilines is 1. The van der Waals surface area contributed by atoms with Gasteiger partial charge in [0.15, 0.2) is 0 Å². The molecule has 0 bridgehead atoms. The molecule has 0 amide bonds. The fourth-order valence-corrected chi connectivity index (χ4v) is 0.861. The summed E-state index contributed by atoms with van der Waals surface area (Å²) in [6.07, 6.45) is 1.56. The molecule has 0 radical (unpaired) electrons. The van der Waals surface area contributed by atoms with Gasteiger partial charge in [0.05, 0.1) is 6.61 Å². The molecule has 1 atom stereocenters. The number of aliphatic hydroxyl groups excluding tert-OH is 1. The Bertz CT molecular complexity index is 256. The number of aromatic nitrogens is 2. The van der Waals surface area contributed by atoms with Gasteiger partial charge in [-0.2, -0.15) is 0 Å². The van der Waals surface area contributed by atoms with Gasteiger partial charge in [-0.05, 0) is 24.6 Å². The zero-order valence-electron chi connectivity index (χ0n) is 6.66. The van der Waals surface area contributed by atoms with Crippen LogP contribution in [0.25, 0.3) is 0 Å². The molecule has 1 rings (SSSR count). The summed E-state index contributed by atoms with van der Waals surface area (Å²) in [6.45, 7) is 1.90. The molecule has 1 aromatic rings. The van der Waals surface area contributed by atoms with Crippen LogP contribution in [-0.4, -0.2) is 27.7 Å². The molecule has 12 heavy (non-hydrogen) atoms. The normalized spacial score (nSPS) is 12.6. The molecular formula is C7H10ClN3O. The van der Waals surface area contributed by atoms with Crippen molar-refractivity contribution in [2.24, 2.45) is 0 Å². The highest BCUT2D eigenvalue weighted by atomic mass is 35.5. The zero-order valence-corrected chi connectivity index (χ0v) is 7.41. The van der Waals surface area contributed by atoms with Crippen molar-refractivity contribution >= 4 is 17.4 Å². The summed E-state index contributed by atoms with van der Waals surface area (Å²) < 4.78 is 0. The van der Waals surface area contributed by atoms with Crippen LogP contribution in [0.5, 0.6) is 0 Å². The number of nitrogens with one attached hydrogen (secondary N) is 1. The summed E-state index contributed by atoms with van der Waals surface area (Å²) in [5, 5.41) is 11.9. The number of hydrogen-bond acceptors (Lipinski definition) is 4. The van der Waals surface area contributed by atoms with E-state index in [1.54, 1.807) is 12.3 Å². The quantitative estimate of drug-likeness (QED) is 0.691. The van der Waals surface area contributed by atoms with Crippen LogP contribution in [0, 0.1) is 0 Å². The third kappa shape index (κ3) is 2.64. The Kier molecular flexibility index (Phi) is 3.25. The van der Waals surface area contributed by atoms with Crippen LogP contribution < -0.4 is 5.32 Å². The second-order valence-electron chi connectivity index (χ2n) is 2.44. The number of aliphatic hydroxyl groups is 1. The molecule has 0 unspecified atom stereocenters. The summed E-state index contributed by atoms with van der Waals surface area (Å²) in [6, 6.07) is 1.66. The van der Waals surface area contributed by atoms with Gasteiger partial charge in [-0.1, -0.05) is 0 Å². The lowest BCUT2D eigenvalue weighted by Gasteiger charge is -2.10. The maximum absolute atomic E-state index is 8.73. The number of rotatable bonds is 3. The van der Waals surface area contributed by atoms with E-state index >= 15 is 0 Å². The summed E-state index contributed by atoms with van der Waals surface area (Å²) >= 11 is 5.55. The third-order valence-corrected chi connectivity index (χ3v) is 1.48. The molecule has 0 saturated heterocycles. The van der Waals surface area contributed by atoms with E-state index in [0.29, 0.717) is 5.82 Å². The van der Waals surface area contributed by atoms with Crippen LogP contribution in [0.15, 0.2) is 12.3 Å². The van der Waals surface area contributed by atoms with Crippen LogP contribution in [0.3, 0.4) is 0 Å². The van der Waals surface area contributed by atoms with E-state index in [1.165, 1.54) is 0 Å². The van der Waals surface area contributed by atoms with E-state index in [1.807, 2.05) is 6.92 Å². The molecule has 0 aliphatic rings. The average Bonchev–Trinajstić information content (AvgIpc) is 2.04. The summed E-state index contributed by atoms with van der Waals surface area (Å²) in [5.74, 6) is 0.622. The van der Waals surface area contributed by atoms with Gasteiger partial charge in [-0.15, -0.1) is 0 Å². The molecule has 0 aliphatic heterocycles.